The molecule has 0 atom stereocenters. The van der Waals surface area contributed by atoms with Gasteiger partial charge < -0.3 is 4.74 Å². The molecule has 24 heavy (non-hydrogen) atoms. The van der Waals surface area contributed by atoms with E-state index in [1.165, 1.54) is 0 Å². The molecule has 0 spiro atoms. The summed E-state index contributed by atoms with van der Waals surface area (Å²) in [4.78, 5) is 14.2. The van der Waals surface area contributed by atoms with E-state index in [4.69, 9.17) is 4.74 Å². The van der Waals surface area contributed by atoms with Gasteiger partial charge in [-0.05, 0) is 43.7 Å². The van der Waals surface area contributed by atoms with Crippen molar-refractivity contribution in [1.29, 1.82) is 0 Å². The SMILES string of the molecule is C=CCN(C)C/C=C/COc1ccc(C(=O)CCCC(C)C)cc1. The molecule has 0 unspecified atom stereocenters. The van der Waals surface area contributed by atoms with Crippen LogP contribution in [0, 0.1) is 5.92 Å². The van der Waals surface area contributed by atoms with E-state index in [1.54, 1.807) is 0 Å². The molecule has 1 aromatic rings. The zero-order valence-electron chi connectivity index (χ0n) is 15.3. The summed E-state index contributed by atoms with van der Waals surface area (Å²) in [6.45, 7) is 10.4. The second kappa shape index (κ2) is 11.6. The Morgan fingerprint density at radius 1 is 1.21 bits per heavy atom. The third-order valence-electron chi connectivity index (χ3n) is 3.73. The maximum atomic E-state index is 12.1. The number of rotatable bonds is 12. The van der Waals surface area contributed by atoms with Gasteiger partial charge in [-0.25, -0.2) is 0 Å². The van der Waals surface area contributed by atoms with E-state index < -0.39 is 0 Å². The minimum atomic E-state index is 0.215. The van der Waals surface area contributed by atoms with Crippen molar-refractivity contribution in [3.8, 4) is 5.75 Å². The zero-order valence-corrected chi connectivity index (χ0v) is 15.3. The van der Waals surface area contributed by atoms with Crippen LogP contribution in [-0.2, 0) is 0 Å². The van der Waals surface area contributed by atoms with Gasteiger partial charge >= 0.3 is 0 Å². The Bertz CT molecular complexity index is 517. The van der Waals surface area contributed by atoms with Crippen LogP contribution in [0.3, 0.4) is 0 Å². The normalized spacial score (nSPS) is 11.4. The number of ether oxygens (including phenoxy) is 1. The molecule has 0 N–H and O–H groups in total. The van der Waals surface area contributed by atoms with E-state index in [0.717, 1.165) is 37.2 Å². The average molecular weight is 329 g/mol. The largest absolute Gasteiger partial charge is 0.490 e. The van der Waals surface area contributed by atoms with Gasteiger partial charge in [-0.15, -0.1) is 6.58 Å². The van der Waals surface area contributed by atoms with Crippen molar-refractivity contribution in [2.24, 2.45) is 5.92 Å². The van der Waals surface area contributed by atoms with E-state index in [9.17, 15) is 4.79 Å². The molecule has 0 aromatic heterocycles. The Morgan fingerprint density at radius 3 is 2.54 bits per heavy atom. The van der Waals surface area contributed by atoms with Gasteiger partial charge in [-0.2, -0.15) is 0 Å². The summed E-state index contributed by atoms with van der Waals surface area (Å²) >= 11 is 0. The van der Waals surface area contributed by atoms with Gasteiger partial charge in [0.2, 0.25) is 0 Å². The highest BCUT2D eigenvalue weighted by atomic mass is 16.5. The fourth-order valence-electron chi connectivity index (χ4n) is 2.31. The maximum Gasteiger partial charge on any atom is 0.162 e. The number of nitrogens with zero attached hydrogens (tertiary/aromatic N) is 1. The van der Waals surface area contributed by atoms with Crippen molar-refractivity contribution in [1.82, 2.24) is 4.90 Å². The lowest BCUT2D eigenvalue weighted by atomic mass is 10.0. The van der Waals surface area contributed by atoms with Crippen molar-refractivity contribution < 1.29 is 9.53 Å². The minimum absolute atomic E-state index is 0.215. The van der Waals surface area contributed by atoms with Gasteiger partial charge in [0.25, 0.3) is 0 Å². The fourth-order valence-corrected chi connectivity index (χ4v) is 2.31. The molecule has 0 aliphatic heterocycles. The molecule has 0 aliphatic rings. The zero-order chi connectivity index (χ0) is 17.8. The topological polar surface area (TPSA) is 29.5 Å². The summed E-state index contributed by atoms with van der Waals surface area (Å²) in [5.74, 6) is 1.66. The molecule has 0 fully saturated rings. The minimum Gasteiger partial charge on any atom is -0.490 e. The number of carbonyl (C=O) groups excluding carboxylic acids is 1. The summed E-state index contributed by atoms with van der Waals surface area (Å²) in [5.41, 5.74) is 0.771. The first-order chi connectivity index (χ1) is 11.5. The highest BCUT2D eigenvalue weighted by molar-refractivity contribution is 5.96. The lowest BCUT2D eigenvalue weighted by Gasteiger charge is -2.10. The van der Waals surface area contributed by atoms with E-state index in [1.807, 2.05) is 43.5 Å². The standard InChI is InChI=1S/C21H31NO2/c1-5-15-22(4)16-6-7-17-24-20-13-11-19(12-14-20)21(23)10-8-9-18(2)3/h5-7,11-14,18H,1,8-10,15-17H2,2-4H3/b7-6+. The van der Waals surface area contributed by atoms with Crippen LogP contribution in [-0.4, -0.2) is 37.4 Å². The predicted molar refractivity (Wildman–Crippen MR) is 102 cm³/mol. The van der Waals surface area contributed by atoms with Crippen LogP contribution in [0.1, 0.15) is 43.5 Å². The molecule has 132 valence electrons. The van der Waals surface area contributed by atoms with Crippen LogP contribution in [0.2, 0.25) is 0 Å². The molecule has 0 amide bonds. The summed E-state index contributed by atoms with van der Waals surface area (Å²) in [6, 6.07) is 7.45. The number of carbonyl (C=O) groups is 1. The Kier molecular flexibility index (Phi) is 9.78. The first-order valence-electron chi connectivity index (χ1n) is 8.73. The number of Topliss-reactive ketones (excluding diaryl/α,β-unsaturated/α-hetero) is 1. The highest BCUT2D eigenvalue weighted by Gasteiger charge is 2.06. The molecule has 0 aliphatic carbocycles. The van der Waals surface area contributed by atoms with Gasteiger partial charge in [-0.3, -0.25) is 9.69 Å². The smallest absolute Gasteiger partial charge is 0.162 e. The number of ketones is 1. The van der Waals surface area contributed by atoms with Crippen molar-refractivity contribution >= 4 is 5.78 Å². The summed E-state index contributed by atoms with van der Waals surface area (Å²) < 4.78 is 5.66. The van der Waals surface area contributed by atoms with Crippen molar-refractivity contribution in [2.45, 2.75) is 33.1 Å². The summed E-state index contributed by atoms with van der Waals surface area (Å²) in [6.07, 6.45) is 8.65. The van der Waals surface area contributed by atoms with Gasteiger partial charge in [0.05, 0.1) is 0 Å². The summed E-state index contributed by atoms with van der Waals surface area (Å²) in [5, 5.41) is 0. The first-order valence-corrected chi connectivity index (χ1v) is 8.73. The van der Waals surface area contributed by atoms with E-state index in [-0.39, 0.29) is 5.78 Å². The molecule has 0 heterocycles. The van der Waals surface area contributed by atoms with Crippen LogP contribution < -0.4 is 4.74 Å². The fraction of sp³-hybridized carbons (Fsp3) is 0.476. The van der Waals surface area contributed by atoms with Gasteiger partial charge in [0, 0.05) is 25.1 Å². The molecule has 0 bridgehead atoms. The Hall–Kier alpha value is -1.87. The number of benzene rings is 1. The van der Waals surface area contributed by atoms with Crippen molar-refractivity contribution in [2.75, 3.05) is 26.7 Å². The third kappa shape index (κ3) is 8.68. The van der Waals surface area contributed by atoms with Crippen LogP contribution in [0.25, 0.3) is 0 Å². The van der Waals surface area contributed by atoms with Crippen molar-refractivity contribution in [3.63, 3.8) is 0 Å². The van der Waals surface area contributed by atoms with Crippen LogP contribution in [0.5, 0.6) is 5.75 Å². The second-order valence-corrected chi connectivity index (χ2v) is 6.53. The maximum absolute atomic E-state index is 12.1. The van der Waals surface area contributed by atoms with Crippen LogP contribution in [0.4, 0.5) is 0 Å². The lowest BCUT2D eigenvalue weighted by molar-refractivity contribution is 0.0978. The molecule has 0 saturated carbocycles. The molecule has 1 rings (SSSR count). The van der Waals surface area contributed by atoms with E-state index >= 15 is 0 Å². The van der Waals surface area contributed by atoms with Gasteiger partial charge in [0.1, 0.15) is 12.4 Å². The average Bonchev–Trinajstić information content (AvgIpc) is 2.55. The Labute approximate surface area is 147 Å². The monoisotopic (exact) mass is 329 g/mol. The first kappa shape index (κ1) is 20.2. The van der Waals surface area contributed by atoms with E-state index in [0.29, 0.717) is 18.9 Å². The van der Waals surface area contributed by atoms with Crippen LogP contribution in [0.15, 0.2) is 49.1 Å². The highest BCUT2D eigenvalue weighted by Crippen LogP contribution is 2.15. The quantitative estimate of drug-likeness (QED) is 0.409. The molecule has 3 heteroatoms. The Morgan fingerprint density at radius 2 is 1.92 bits per heavy atom. The van der Waals surface area contributed by atoms with Crippen LogP contribution >= 0.6 is 0 Å². The third-order valence-corrected chi connectivity index (χ3v) is 3.73. The predicted octanol–water partition coefficient (Wildman–Crippen LogP) is 4.75. The number of hydrogen-bond donors (Lipinski definition) is 0. The number of likely N-dealkylation sites (N-methyl/N-ethyl adjacent to an activating group) is 1. The number of hydrogen-bond acceptors (Lipinski definition) is 3. The lowest BCUT2D eigenvalue weighted by Crippen LogP contribution is -2.17. The molecule has 3 nitrogen and oxygen atoms in total. The molecule has 0 saturated heterocycles. The summed E-state index contributed by atoms with van der Waals surface area (Å²) in [7, 11) is 2.05. The molecular weight excluding hydrogens is 298 g/mol. The van der Waals surface area contributed by atoms with Gasteiger partial charge in [-0.1, -0.05) is 38.5 Å². The molecule has 1 aromatic carbocycles. The molecule has 0 radical (unpaired) electrons. The van der Waals surface area contributed by atoms with Gasteiger partial charge in [0.15, 0.2) is 5.78 Å². The van der Waals surface area contributed by atoms with Crippen molar-refractivity contribution in [3.05, 3.63) is 54.6 Å². The Balaban J connectivity index is 2.32. The second-order valence-electron chi connectivity index (χ2n) is 6.53. The van der Waals surface area contributed by atoms with E-state index in [2.05, 4.69) is 31.4 Å². The molecular formula is C21H31NO2.